The van der Waals surface area contributed by atoms with Crippen LogP contribution < -0.4 is 15.4 Å². The molecule has 0 saturated heterocycles. The van der Waals surface area contributed by atoms with E-state index in [0.29, 0.717) is 17.9 Å². The van der Waals surface area contributed by atoms with Gasteiger partial charge in [-0.2, -0.15) is 13.2 Å². The highest BCUT2D eigenvalue weighted by Crippen LogP contribution is 2.37. The summed E-state index contributed by atoms with van der Waals surface area (Å²) in [7, 11) is 0. The average molecular weight is 260 g/mol. The highest BCUT2D eigenvalue weighted by molar-refractivity contribution is 5.60. The summed E-state index contributed by atoms with van der Waals surface area (Å²) in [6, 6.07) is 6.64. The van der Waals surface area contributed by atoms with Gasteiger partial charge in [0.1, 0.15) is 12.3 Å². The van der Waals surface area contributed by atoms with Crippen molar-refractivity contribution in [3.8, 4) is 5.75 Å². The Labute approximate surface area is 103 Å². The van der Waals surface area contributed by atoms with Crippen molar-refractivity contribution < 1.29 is 17.9 Å². The summed E-state index contributed by atoms with van der Waals surface area (Å²) in [4.78, 5) is 1.22. The second-order valence-electron chi connectivity index (χ2n) is 4.46. The minimum atomic E-state index is -4.26. The molecule has 1 aromatic carbocycles. The summed E-state index contributed by atoms with van der Waals surface area (Å²) >= 11 is 0. The molecule has 3 nitrogen and oxygen atoms in total. The average Bonchev–Trinajstić information content (AvgIpc) is 2.27. The van der Waals surface area contributed by atoms with E-state index in [4.69, 9.17) is 10.5 Å². The summed E-state index contributed by atoms with van der Waals surface area (Å²) < 4.78 is 43.3. The van der Waals surface area contributed by atoms with Gasteiger partial charge in [-0.3, -0.25) is 5.73 Å². The molecule has 0 bridgehead atoms. The van der Waals surface area contributed by atoms with Gasteiger partial charge in [0.05, 0.1) is 12.2 Å². The van der Waals surface area contributed by atoms with Gasteiger partial charge in [0, 0.05) is 0 Å². The number of anilines is 1. The minimum absolute atomic E-state index is 0.0278. The van der Waals surface area contributed by atoms with E-state index >= 15 is 0 Å². The van der Waals surface area contributed by atoms with Gasteiger partial charge in [0.25, 0.3) is 0 Å². The first-order valence-corrected chi connectivity index (χ1v) is 5.72. The fraction of sp³-hybridized carbons (Fsp3) is 0.500. The van der Waals surface area contributed by atoms with Crippen molar-refractivity contribution in [3.63, 3.8) is 0 Å². The van der Waals surface area contributed by atoms with Crippen molar-refractivity contribution in [3.05, 3.63) is 24.3 Å². The fourth-order valence-corrected chi connectivity index (χ4v) is 2.01. The van der Waals surface area contributed by atoms with Crippen LogP contribution in [0.4, 0.5) is 18.9 Å². The molecule has 18 heavy (non-hydrogen) atoms. The molecule has 0 fully saturated rings. The molecule has 0 radical (unpaired) electrons. The second kappa shape index (κ2) is 4.35. The minimum Gasteiger partial charge on any atom is -0.469 e. The maximum absolute atomic E-state index is 12.6. The van der Waals surface area contributed by atoms with Gasteiger partial charge in [0.2, 0.25) is 0 Å². The van der Waals surface area contributed by atoms with Crippen LogP contribution in [0, 0.1) is 0 Å². The third-order valence-electron chi connectivity index (χ3n) is 2.95. The highest BCUT2D eigenvalue weighted by Gasteiger charge is 2.39. The lowest BCUT2D eigenvalue weighted by atomic mass is 10.1. The predicted octanol–water partition coefficient (Wildman–Crippen LogP) is 2.51. The van der Waals surface area contributed by atoms with Gasteiger partial charge < -0.3 is 9.64 Å². The Balaban J connectivity index is 2.34. The summed E-state index contributed by atoms with van der Waals surface area (Å²) in [6.07, 6.45) is -3.82. The van der Waals surface area contributed by atoms with Crippen LogP contribution in [-0.2, 0) is 0 Å². The SMILES string of the molecule is CCC1(N)CN(CC(F)(F)F)c2ccccc2O1. The Kier molecular flexibility index (Phi) is 3.14. The third kappa shape index (κ3) is 2.69. The molecule has 0 spiro atoms. The van der Waals surface area contributed by atoms with Crippen molar-refractivity contribution >= 4 is 5.69 Å². The van der Waals surface area contributed by atoms with Gasteiger partial charge in [-0.1, -0.05) is 19.1 Å². The van der Waals surface area contributed by atoms with Crippen LogP contribution in [0.25, 0.3) is 0 Å². The number of fused-ring (bicyclic) bond motifs is 1. The first-order valence-electron chi connectivity index (χ1n) is 5.72. The number of benzene rings is 1. The molecular weight excluding hydrogens is 245 g/mol. The van der Waals surface area contributed by atoms with E-state index < -0.39 is 18.4 Å². The number of rotatable bonds is 2. The van der Waals surface area contributed by atoms with Gasteiger partial charge in [-0.25, -0.2) is 0 Å². The highest BCUT2D eigenvalue weighted by atomic mass is 19.4. The molecule has 0 saturated carbocycles. The fourth-order valence-electron chi connectivity index (χ4n) is 2.01. The van der Waals surface area contributed by atoms with E-state index in [2.05, 4.69) is 0 Å². The quantitative estimate of drug-likeness (QED) is 0.888. The van der Waals surface area contributed by atoms with Crippen LogP contribution in [-0.4, -0.2) is 25.0 Å². The largest absolute Gasteiger partial charge is 0.469 e. The molecule has 1 atom stereocenters. The number of nitrogens with zero attached hydrogens (tertiary/aromatic N) is 1. The molecule has 1 aromatic rings. The van der Waals surface area contributed by atoms with E-state index in [1.165, 1.54) is 4.90 Å². The number of alkyl halides is 3. The molecule has 100 valence electrons. The first kappa shape index (κ1) is 13.0. The molecule has 1 heterocycles. The second-order valence-corrected chi connectivity index (χ2v) is 4.46. The Morgan fingerprint density at radius 1 is 1.39 bits per heavy atom. The number of para-hydroxylation sites is 2. The van der Waals surface area contributed by atoms with Crippen LogP contribution in [0.3, 0.4) is 0 Å². The molecule has 1 aliphatic rings. The van der Waals surface area contributed by atoms with E-state index in [1.54, 1.807) is 31.2 Å². The van der Waals surface area contributed by atoms with Crippen molar-refractivity contribution in [2.75, 3.05) is 18.0 Å². The van der Waals surface area contributed by atoms with Crippen molar-refractivity contribution in [1.82, 2.24) is 0 Å². The van der Waals surface area contributed by atoms with E-state index in [0.717, 1.165) is 0 Å². The van der Waals surface area contributed by atoms with Gasteiger partial charge in [0.15, 0.2) is 5.72 Å². The first-order chi connectivity index (χ1) is 8.33. The van der Waals surface area contributed by atoms with Crippen LogP contribution in [0.2, 0.25) is 0 Å². The Bertz CT molecular complexity index is 436. The Morgan fingerprint density at radius 2 is 2.06 bits per heavy atom. The van der Waals surface area contributed by atoms with Gasteiger partial charge in [-0.05, 0) is 18.6 Å². The Hall–Kier alpha value is -1.43. The summed E-state index contributed by atoms with van der Waals surface area (Å²) in [6.45, 7) is 0.798. The maximum atomic E-state index is 12.6. The van der Waals surface area contributed by atoms with Crippen LogP contribution in [0.5, 0.6) is 5.75 Å². The molecule has 0 aliphatic carbocycles. The lowest BCUT2D eigenvalue weighted by molar-refractivity contribution is -0.121. The standard InChI is InChI=1S/C12H15F3N2O/c1-2-11(16)7-17(8-12(13,14)15)9-5-3-4-6-10(9)18-11/h3-6H,2,7-8,16H2,1H3. The Morgan fingerprint density at radius 3 is 2.67 bits per heavy atom. The maximum Gasteiger partial charge on any atom is 0.405 e. The smallest absolute Gasteiger partial charge is 0.405 e. The third-order valence-corrected chi connectivity index (χ3v) is 2.95. The van der Waals surface area contributed by atoms with E-state index in [-0.39, 0.29) is 6.54 Å². The zero-order chi connectivity index (χ0) is 13.4. The molecule has 1 unspecified atom stereocenters. The van der Waals surface area contributed by atoms with Gasteiger partial charge in [-0.15, -0.1) is 0 Å². The monoisotopic (exact) mass is 260 g/mol. The van der Waals surface area contributed by atoms with Crippen molar-refractivity contribution in [1.29, 1.82) is 0 Å². The number of halogens is 3. The predicted molar refractivity (Wildman–Crippen MR) is 62.5 cm³/mol. The summed E-state index contributed by atoms with van der Waals surface area (Å²) in [5.41, 5.74) is 5.32. The van der Waals surface area contributed by atoms with Gasteiger partial charge >= 0.3 is 6.18 Å². The number of hydrogen-bond donors (Lipinski definition) is 1. The molecule has 0 amide bonds. The number of hydrogen-bond acceptors (Lipinski definition) is 3. The van der Waals surface area contributed by atoms with Crippen LogP contribution >= 0.6 is 0 Å². The molecule has 6 heteroatoms. The summed E-state index contributed by atoms with van der Waals surface area (Å²) in [5.74, 6) is 0.400. The normalized spacial score (nSPS) is 23.5. The molecule has 2 rings (SSSR count). The van der Waals surface area contributed by atoms with Crippen molar-refractivity contribution in [2.45, 2.75) is 25.2 Å². The van der Waals surface area contributed by atoms with Crippen LogP contribution in [0.1, 0.15) is 13.3 Å². The van der Waals surface area contributed by atoms with E-state index in [9.17, 15) is 13.2 Å². The molecule has 2 N–H and O–H groups in total. The lowest BCUT2D eigenvalue weighted by Crippen LogP contribution is -2.58. The molecular formula is C12H15F3N2O. The molecule has 1 aliphatic heterocycles. The van der Waals surface area contributed by atoms with Crippen LogP contribution in [0.15, 0.2) is 24.3 Å². The zero-order valence-corrected chi connectivity index (χ0v) is 10.00. The number of nitrogens with two attached hydrogens (primary N) is 1. The summed E-state index contributed by atoms with van der Waals surface area (Å²) in [5, 5.41) is 0. The van der Waals surface area contributed by atoms with E-state index in [1.807, 2.05) is 0 Å². The molecule has 0 aromatic heterocycles. The topological polar surface area (TPSA) is 38.5 Å². The van der Waals surface area contributed by atoms with Crippen molar-refractivity contribution in [2.24, 2.45) is 5.73 Å². The lowest BCUT2D eigenvalue weighted by Gasteiger charge is -2.42. The number of ether oxygens (including phenoxy) is 1. The zero-order valence-electron chi connectivity index (χ0n) is 10.00.